The summed E-state index contributed by atoms with van der Waals surface area (Å²) in [7, 11) is 0. The number of rotatable bonds is 3. The van der Waals surface area contributed by atoms with Crippen molar-refractivity contribution in [2.75, 3.05) is 24.6 Å². The smallest absolute Gasteiger partial charge is 0.318 e. The lowest BCUT2D eigenvalue weighted by Gasteiger charge is -2.22. The van der Waals surface area contributed by atoms with Crippen molar-refractivity contribution in [3.05, 3.63) is 42.4 Å². The monoisotopic (exact) mass is 331 g/mol. The third kappa shape index (κ3) is 4.07. The van der Waals surface area contributed by atoms with E-state index in [2.05, 4.69) is 10.3 Å². The molecule has 0 saturated carbocycles. The molecule has 1 aromatic carbocycles. The molecule has 2 heterocycles. The number of thioether (sulfide) groups is 1. The predicted molar refractivity (Wildman–Crippen MR) is 92.4 cm³/mol. The fourth-order valence-corrected chi connectivity index (χ4v) is 3.40. The molecule has 1 aromatic heterocycles. The molecule has 0 unspecified atom stereocenters. The van der Waals surface area contributed by atoms with Gasteiger partial charge in [-0.1, -0.05) is 30.3 Å². The second-order valence-electron chi connectivity index (χ2n) is 5.55. The van der Waals surface area contributed by atoms with E-state index >= 15 is 0 Å². The Hall–Kier alpha value is -1.95. The van der Waals surface area contributed by atoms with Crippen molar-refractivity contribution >= 4 is 17.8 Å². The molecule has 1 aliphatic heterocycles. The van der Waals surface area contributed by atoms with Crippen LogP contribution in [0.3, 0.4) is 0 Å². The van der Waals surface area contributed by atoms with Gasteiger partial charge < -0.3 is 14.6 Å². The molecule has 1 saturated heterocycles. The molecule has 2 amide bonds. The van der Waals surface area contributed by atoms with Gasteiger partial charge in [-0.05, 0) is 19.1 Å². The highest BCUT2D eigenvalue weighted by molar-refractivity contribution is 7.99. The van der Waals surface area contributed by atoms with Crippen molar-refractivity contribution < 1.29 is 9.21 Å². The first kappa shape index (κ1) is 15.9. The van der Waals surface area contributed by atoms with Gasteiger partial charge in [0.1, 0.15) is 6.04 Å². The zero-order valence-electron chi connectivity index (χ0n) is 13.2. The Morgan fingerprint density at radius 1 is 1.30 bits per heavy atom. The molecule has 0 radical (unpaired) electrons. The normalized spacial score (nSPS) is 16.7. The summed E-state index contributed by atoms with van der Waals surface area (Å²) in [6.07, 6.45) is 2.75. The number of hydrogen-bond donors (Lipinski definition) is 1. The molecule has 23 heavy (non-hydrogen) atoms. The van der Waals surface area contributed by atoms with Crippen LogP contribution in [0.15, 0.2) is 40.9 Å². The Morgan fingerprint density at radius 3 is 2.96 bits per heavy atom. The zero-order valence-corrected chi connectivity index (χ0v) is 14.0. The molecule has 122 valence electrons. The average Bonchev–Trinajstić information content (AvgIpc) is 2.91. The summed E-state index contributed by atoms with van der Waals surface area (Å²) < 4.78 is 5.80. The summed E-state index contributed by atoms with van der Waals surface area (Å²) in [5.41, 5.74) is 0.981. The first-order valence-corrected chi connectivity index (χ1v) is 9.04. The van der Waals surface area contributed by atoms with E-state index in [1.54, 1.807) is 6.20 Å². The van der Waals surface area contributed by atoms with Crippen LogP contribution in [0.1, 0.15) is 25.3 Å². The van der Waals surface area contributed by atoms with Crippen LogP contribution in [0, 0.1) is 0 Å². The van der Waals surface area contributed by atoms with Gasteiger partial charge in [-0.3, -0.25) is 0 Å². The van der Waals surface area contributed by atoms with Gasteiger partial charge in [-0.2, -0.15) is 11.8 Å². The highest BCUT2D eigenvalue weighted by atomic mass is 32.2. The lowest BCUT2D eigenvalue weighted by molar-refractivity contribution is 0.196. The minimum Gasteiger partial charge on any atom is -0.438 e. The number of nitrogens with zero attached hydrogens (tertiary/aromatic N) is 2. The van der Waals surface area contributed by atoms with Crippen LogP contribution in [0.4, 0.5) is 4.79 Å². The number of oxazole rings is 1. The fourth-order valence-electron chi connectivity index (χ4n) is 2.51. The van der Waals surface area contributed by atoms with E-state index in [0.29, 0.717) is 11.7 Å². The number of benzene rings is 1. The maximum absolute atomic E-state index is 12.3. The average molecular weight is 331 g/mol. The van der Waals surface area contributed by atoms with Crippen LogP contribution in [0.2, 0.25) is 0 Å². The Kier molecular flexibility index (Phi) is 5.23. The zero-order chi connectivity index (χ0) is 16.1. The first-order valence-electron chi connectivity index (χ1n) is 7.88. The van der Waals surface area contributed by atoms with Crippen molar-refractivity contribution in [2.45, 2.75) is 19.4 Å². The maximum atomic E-state index is 12.3. The molecule has 1 N–H and O–H groups in total. The van der Waals surface area contributed by atoms with E-state index in [1.165, 1.54) is 0 Å². The minimum absolute atomic E-state index is 0.0422. The Balaban J connectivity index is 1.63. The van der Waals surface area contributed by atoms with Crippen molar-refractivity contribution in [2.24, 2.45) is 0 Å². The molecule has 0 spiro atoms. The molecule has 0 bridgehead atoms. The third-order valence-electron chi connectivity index (χ3n) is 3.80. The lowest BCUT2D eigenvalue weighted by atomic mass is 10.2. The topological polar surface area (TPSA) is 58.4 Å². The van der Waals surface area contributed by atoms with E-state index in [1.807, 2.05) is 53.9 Å². The van der Waals surface area contributed by atoms with E-state index in [4.69, 9.17) is 4.42 Å². The van der Waals surface area contributed by atoms with Crippen molar-refractivity contribution in [3.63, 3.8) is 0 Å². The number of urea groups is 1. The highest BCUT2D eigenvalue weighted by Crippen LogP contribution is 2.22. The largest absolute Gasteiger partial charge is 0.438 e. The van der Waals surface area contributed by atoms with E-state index in [-0.39, 0.29) is 12.1 Å². The molecule has 6 heteroatoms. The van der Waals surface area contributed by atoms with Gasteiger partial charge in [0.05, 0.1) is 6.20 Å². The first-order chi connectivity index (χ1) is 11.2. The van der Waals surface area contributed by atoms with Gasteiger partial charge >= 0.3 is 6.03 Å². The lowest BCUT2D eigenvalue weighted by Crippen LogP contribution is -2.42. The van der Waals surface area contributed by atoms with Gasteiger partial charge in [0, 0.05) is 24.4 Å². The summed E-state index contributed by atoms with van der Waals surface area (Å²) >= 11 is 1.90. The van der Waals surface area contributed by atoms with Gasteiger partial charge in [-0.25, -0.2) is 9.78 Å². The number of amides is 2. The Labute approximate surface area is 140 Å². The molecule has 0 aliphatic carbocycles. The van der Waals surface area contributed by atoms with Crippen molar-refractivity contribution in [1.29, 1.82) is 0 Å². The van der Waals surface area contributed by atoms with E-state index in [0.717, 1.165) is 36.6 Å². The molecular weight excluding hydrogens is 310 g/mol. The summed E-state index contributed by atoms with van der Waals surface area (Å²) in [4.78, 5) is 18.5. The predicted octanol–water partition coefficient (Wildman–Crippen LogP) is 3.55. The fraction of sp³-hybridized carbons (Fsp3) is 0.412. The van der Waals surface area contributed by atoms with Crippen LogP contribution < -0.4 is 5.32 Å². The van der Waals surface area contributed by atoms with E-state index in [9.17, 15) is 4.79 Å². The summed E-state index contributed by atoms with van der Waals surface area (Å²) in [6.45, 7) is 3.50. The van der Waals surface area contributed by atoms with Gasteiger partial charge in [0.15, 0.2) is 5.76 Å². The Morgan fingerprint density at radius 2 is 2.13 bits per heavy atom. The number of carbonyl (C=O) groups is 1. The van der Waals surface area contributed by atoms with Gasteiger partial charge in [0.2, 0.25) is 5.89 Å². The SMILES string of the molecule is C[C@H](NC(=O)N1CCCSCC1)c1ncc(-c2ccccc2)o1. The number of hydrogen-bond acceptors (Lipinski definition) is 4. The molecule has 3 rings (SSSR count). The van der Waals surface area contributed by atoms with Gasteiger partial charge in [0.25, 0.3) is 0 Å². The molecule has 1 aliphatic rings. The maximum Gasteiger partial charge on any atom is 0.318 e. The standard InChI is InChI=1S/C17H21N3O2S/c1-13(19-17(21)20-8-5-10-23-11-9-20)16-18-12-15(22-16)14-6-3-2-4-7-14/h2-4,6-7,12-13H,5,8-11H2,1H3,(H,19,21)/t13-/m0/s1. The second kappa shape index (κ2) is 7.55. The van der Waals surface area contributed by atoms with Crippen LogP contribution in [-0.4, -0.2) is 40.5 Å². The summed E-state index contributed by atoms with van der Waals surface area (Å²) in [6, 6.07) is 9.53. The van der Waals surface area contributed by atoms with E-state index < -0.39 is 0 Å². The molecular formula is C17H21N3O2S. The molecule has 2 aromatic rings. The van der Waals surface area contributed by atoms with Crippen LogP contribution in [-0.2, 0) is 0 Å². The van der Waals surface area contributed by atoms with Gasteiger partial charge in [-0.15, -0.1) is 0 Å². The molecule has 1 fully saturated rings. The number of aromatic nitrogens is 1. The van der Waals surface area contributed by atoms with Crippen LogP contribution in [0.25, 0.3) is 11.3 Å². The quantitative estimate of drug-likeness (QED) is 0.934. The second-order valence-corrected chi connectivity index (χ2v) is 6.78. The Bertz CT molecular complexity index is 636. The number of carbonyl (C=O) groups excluding carboxylic acids is 1. The highest BCUT2D eigenvalue weighted by Gasteiger charge is 2.20. The summed E-state index contributed by atoms with van der Waals surface area (Å²) in [5.74, 6) is 3.37. The van der Waals surface area contributed by atoms with Crippen LogP contribution in [0.5, 0.6) is 0 Å². The van der Waals surface area contributed by atoms with Crippen molar-refractivity contribution in [3.8, 4) is 11.3 Å². The number of nitrogens with one attached hydrogen (secondary N) is 1. The summed E-state index contributed by atoms with van der Waals surface area (Å²) in [5, 5.41) is 2.98. The van der Waals surface area contributed by atoms with Crippen LogP contribution >= 0.6 is 11.8 Å². The third-order valence-corrected chi connectivity index (χ3v) is 4.85. The van der Waals surface area contributed by atoms with Crippen molar-refractivity contribution in [1.82, 2.24) is 15.2 Å². The minimum atomic E-state index is -0.254. The molecule has 1 atom stereocenters. The molecule has 5 nitrogen and oxygen atoms in total.